The lowest BCUT2D eigenvalue weighted by atomic mass is 10.1. The lowest BCUT2D eigenvalue weighted by molar-refractivity contribution is 0.113. The van der Waals surface area contributed by atoms with Crippen molar-refractivity contribution in [2.24, 2.45) is 7.05 Å². The molecule has 0 saturated carbocycles. The quantitative estimate of drug-likeness (QED) is 0.871. The van der Waals surface area contributed by atoms with E-state index in [1.54, 1.807) is 18.1 Å². The summed E-state index contributed by atoms with van der Waals surface area (Å²) in [4.78, 5) is 24.8. The summed E-state index contributed by atoms with van der Waals surface area (Å²) in [6.07, 6.45) is 2.94. The van der Waals surface area contributed by atoms with Crippen LogP contribution in [0.3, 0.4) is 0 Å². The van der Waals surface area contributed by atoms with E-state index < -0.39 is 0 Å². The molecule has 0 unspecified atom stereocenters. The Morgan fingerprint density at radius 3 is 2.75 bits per heavy atom. The van der Waals surface area contributed by atoms with E-state index in [1.165, 1.54) is 11.8 Å². The van der Waals surface area contributed by atoms with Crippen LogP contribution in [0.4, 0.5) is 10.5 Å². The van der Waals surface area contributed by atoms with Gasteiger partial charge in [-0.1, -0.05) is 0 Å². The van der Waals surface area contributed by atoms with Crippen LogP contribution >= 0.6 is 15.9 Å². The number of nitrogens with zero attached hydrogens (tertiary/aromatic N) is 3. The topological polar surface area (TPSA) is 76.5 Å². The van der Waals surface area contributed by atoms with E-state index in [-0.39, 0.29) is 17.7 Å². The third-order valence-electron chi connectivity index (χ3n) is 3.37. The molecule has 8 heteroatoms. The lowest BCUT2D eigenvalue weighted by Crippen LogP contribution is -2.42. The van der Waals surface area contributed by atoms with Crippen molar-refractivity contribution >= 4 is 27.7 Å². The highest BCUT2D eigenvalue weighted by atomic mass is 79.9. The lowest BCUT2D eigenvalue weighted by Gasteiger charge is -2.31. The van der Waals surface area contributed by atoms with Crippen molar-refractivity contribution < 1.29 is 9.53 Å². The number of hydrogen-bond acceptors (Lipinski definition) is 5. The van der Waals surface area contributed by atoms with Gasteiger partial charge in [-0.15, -0.1) is 0 Å². The van der Waals surface area contributed by atoms with Crippen LogP contribution in [0.5, 0.6) is 0 Å². The molecule has 0 aliphatic carbocycles. The van der Waals surface area contributed by atoms with E-state index in [2.05, 4.69) is 26.3 Å². The highest BCUT2D eigenvalue weighted by Crippen LogP contribution is 2.21. The molecule has 0 aromatic carbocycles. The summed E-state index contributed by atoms with van der Waals surface area (Å²) >= 11 is 3.28. The van der Waals surface area contributed by atoms with Crippen LogP contribution < -0.4 is 10.9 Å². The molecule has 0 spiro atoms. The van der Waals surface area contributed by atoms with Crippen molar-refractivity contribution in [1.82, 2.24) is 14.7 Å². The Hall–Kier alpha value is -1.57. The molecule has 2 heterocycles. The second-order valence-corrected chi connectivity index (χ2v) is 5.47. The molecule has 2 rings (SSSR count). The second-order valence-electron chi connectivity index (χ2n) is 4.68. The number of piperidine rings is 1. The predicted molar refractivity (Wildman–Crippen MR) is 77.8 cm³/mol. The van der Waals surface area contributed by atoms with Crippen molar-refractivity contribution in [2.75, 3.05) is 25.5 Å². The van der Waals surface area contributed by atoms with Crippen molar-refractivity contribution in [1.29, 1.82) is 0 Å². The number of rotatable bonds is 2. The fourth-order valence-corrected chi connectivity index (χ4v) is 2.64. The Bertz CT molecular complexity index is 552. The first-order valence-electron chi connectivity index (χ1n) is 6.34. The molecular formula is C12H17BrN4O3. The first-order chi connectivity index (χ1) is 9.52. The fraction of sp³-hybridized carbons (Fsp3) is 0.583. The minimum absolute atomic E-state index is 0.179. The van der Waals surface area contributed by atoms with Crippen molar-refractivity contribution in [3.63, 3.8) is 0 Å². The van der Waals surface area contributed by atoms with Gasteiger partial charge in [0.25, 0.3) is 5.56 Å². The van der Waals surface area contributed by atoms with Crippen LogP contribution in [0.15, 0.2) is 15.5 Å². The number of likely N-dealkylation sites (tertiary alicyclic amines) is 1. The molecule has 20 heavy (non-hydrogen) atoms. The molecule has 1 aromatic heterocycles. The number of aromatic nitrogens is 2. The minimum atomic E-state index is -0.292. The maximum atomic E-state index is 11.8. The number of carbonyl (C=O) groups is 1. The van der Waals surface area contributed by atoms with Gasteiger partial charge in [0.15, 0.2) is 0 Å². The van der Waals surface area contributed by atoms with E-state index in [1.807, 2.05) is 0 Å². The van der Waals surface area contributed by atoms with E-state index >= 15 is 0 Å². The average molecular weight is 345 g/mol. The summed E-state index contributed by atoms with van der Waals surface area (Å²) in [7, 11) is 2.99. The average Bonchev–Trinajstić information content (AvgIpc) is 2.48. The summed E-state index contributed by atoms with van der Waals surface area (Å²) < 4.78 is 6.45. The third kappa shape index (κ3) is 3.12. The highest BCUT2D eigenvalue weighted by molar-refractivity contribution is 9.10. The monoisotopic (exact) mass is 344 g/mol. The molecule has 1 aliphatic heterocycles. The van der Waals surface area contributed by atoms with Gasteiger partial charge in [-0.05, 0) is 28.8 Å². The molecular weight excluding hydrogens is 328 g/mol. The maximum absolute atomic E-state index is 11.8. The van der Waals surface area contributed by atoms with Crippen LogP contribution in [0.25, 0.3) is 0 Å². The third-order valence-corrected chi connectivity index (χ3v) is 4.13. The van der Waals surface area contributed by atoms with Crippen molar-refractivity contribution in [3.8, 4) is 0 Å². The summed E-state index contributed by atoms with van der Waals surface area (Å²) in [5, 5.41) is 7.28. The van der Waals surface area contributed by atoms with Crippen LogP contribution in [0.2, 0.25) is 0 Å². The summed E-state index contributed by atoms with van der Waals surface area (Å²) in [5.74, 6) is 0. The van der Waals surface area contributed by atoms with Gasteiger partial charge >= 0.3 is 6.09 Å². The largest absolute Gasteiger partial charge is 0.453 e. The number of halogens is 1. The number of ether oxygens (including phenoxy) is 1. The Labute approximate surface area is 125 Å². The Morgan fingerprint density at radius 2 is 2.15 bits per heavy atom. The SMILES string of the molecule is COC(=O)N1CCC(Nc2cnn(C)c(=O)c2Br)CC1. The number of anilines is 1. The van der Waals surface area contributed by atoms with Gasteiger partial charge in [-0.2, -0.15) is 5.10 Å². The van der Waals surface area contributed by atoms with Gasteiger partial charge in [-0.3, -0.25) is 4.79 Å². The molecule has 1 saturated heterocycles. The van der Waals surface area contributed by atoms with E-state index in [9.17, 15) is 9.59 Å². The van der Waals surface area contributed by atoms with Gasteiger partial charge in [0.1, 0.15) is 4.47 Å². The fourth-order valence-electron chi connectivity index (χ4n) is 2.17. The predicted octanol–water partition coefficient (Wildman–Crippen LogP) is 1.19. The standard InChI is InChI=1S/C12H17BrN4O3/c1-16-11(18)10(13)9(7-14-16)15-8-3-5-17(6-4-8)12(19)20-2/h7-8,15H,3-6H2,1-2H3. The molecule has 0 atom stereocenters. The number of methoxy groups -OCH3 is 1. The number of amides is 1. The molecule has 1 aromatic rings. The highest BCUT2D eigenvalue weighted by Gasteiger charge is 2.23. The second kappa shape index (κ2) is 6.25. The van der Waals surface area contributed by atoms with E-state index in [0.717, 1.165) is 12.8 Å². The summed E-state index contributed by atoms with van der Waals surface area (Å²) in [5.41, 5.74) is 0.506. The maximum Gasteiger partial charge on any atom is 0.409 e. The number of carbonyl (C=O) groups excluding carboxylic acids is 1. The molecule has 110 valence electrons. The minimum Gasteiger partial charge on any atom is -0.453 e. The van der Waals surface area contributed by atoms with Gasteiger partial charge in [0.2, 0.25) is 0 Å². The molecule has 0 bridgehead atoms. The zero-order valence-electron chi connectivity index (χ0n) is 11.4. The molecule has 1 aliphatic rings. The van der Waals surface area contributed by atoms with Crippen LogP contribution in [0, 0.1) is 0 Å². The van der Waals surface area contributed by atoms with Gasteiger partial charge in [0, 0.05) is 26.2 Å². The van der Waals surface area contributed by atoms with Crippen molar-refractivity contribution in [3.05, 3.63) is 21.0 Å². The Kier molecular flexibility index (Phi) is 4.64. The van der Waals surface area contributed by atoms with Crippen LogP contribution in [-0.2, 0) is 11.8 Å². The van der Waals surface area contributed by atoms with Gasteiger partial charge in [0.05, 0.1) is 19.0 Å². The zero-order chi connectivity index (χ0) is 14.7. The van der Waals surface area contributed by atoms with Crippen molar-refractivity contribution in [2.45, 2.75) is 18.9 Å². The first kappa shape index (κ1) is 14.8. The first-order valence-corrected chi connectivity index (χ1v) is 7.13. The summed E-state index contributed by atoms with van der Waals surface area (Å²) in [6, 6.07) is 0.209. The normalized spacial score (nSPS) is 16.1. The number of hydrogen-bond donors (Lipinski definition) is 1. The molecule has 1 amide bonds. The summed E-state index contributed by atoms with van der Waals surface area (Å²) in [6.45, 7) is 1.28. The molecule has 7 nitrogen and oxygen atoms in total. The van der Waals surface area contributed by atoms with E-state index in [4.69, 9.17) is 4.74 Å². The van der Waals surface area contributed by atoms with Crippen LogP contribution in [-0.4, -0.2) is 47.0 Å². The zero-order valence-corrected chi connectivity index (χ0v) is 13.0. The molecule has 0 radical (unpaired) electrons. The number of nitrogens with one attached hydrogen (secondary N) is 1. The van der Waals surface area contributed by atoms with Crippen LogP contribution in [0.1, 0.15) is 12.8 Å². The van der Waals surface area contributed by atoms with Gasteiger partial charge < -0.3 is 15.0 Å². The van der Waals surface area contributed by atoms with E-state index in [0.29, 0.717) is 23.2 Å². The Balaban J connectivity index is 1.98. The molecule has 1 fully saturated rings. The van der Waals surface area contributed by atoms with Gasteiger partial charge in [-0.25, -0.2) is 9.48 Å². The Morgan fingerprint density at radius 1 is 1.50 bits per heavy atom. The number of aryl methyl sites for hydroxylation is 1. The smallest absolute Gasteiger partial charge is 0.409 e. The molecule has 1 N–H and O–H groups in total.